The number of hydrogen-bond acceptors (Lipinski definition) is 5. The third-order valence-electron chi connectivity index (χ3n) is 3.80. The molecule has 1 aromatic heterocycles. The lowest BCUT2D eigenvalue weighted by molar-refractivity contribution is 0.220. The standard InChI is InChI=1S/C14H24N2O3S/c1-13(2,3)11-9-19-12(15-11)8-16-6-7-20(17,18)14(4,5)10-16/h9H,6-8,10H2,1-5H3. The molecule has 0 radical (unpaired) electrons. The second-order valence-electron chi connectivity index (χ2n) is 7.17. The van der Waals surface area contributed by atoms with E-state index in [9.17, 15) is 8.42 Å². The van der Waals surface area contributed by atoms with Crippen LogP contribution in [-0.2, 0) is 21.8 Å². The smallest absolute Gasteiger partial charge is 0.208 e. The van der Waals surface area contributed by atoms with Crippen molar-refractivity contribution in [1.82, 2.24) is 9.88 Å². The molecule has 0 spiro atoms. The summed E-state index contributed by atoms with van der Waals surface area (Å²) in [7, 11) is -3.00. The molecule has 0 saturated carbocycles. The lowest BCUT2D eigenvalue weighted by atomic mass is 9.93. The van der Waals surface area contributed by atoms with E-state index in [1.807, 2.05) is 0 Å². The molecule has 0 N–H and O–H groups in total. The molecule has 20 heavy (non-hydrogen) atoms. The molecule has 1 aromatic rings. The summed E-state index contributed by atoms with van der Waals surface area (Å²) in [4.78, 5) is 6.60. The van der Waals surface area contributed by atoms with Gasteiger partial charge in [0.1, 0.15) is 6.26 Å². The van der Waals surface area contributed by atoms with Crippen LogP contribution >= 0.6 is 0 Å². The minimum Gasteiger partial charge on any atom is -0.447 e. The van der Waals surface area contributed by atoms with Crippen LogP contribution in [0.25, 0.3) is 0 Å². The van der Waals surface area contributed by atoms with Crippen molar-refractivity contribution in [3.63, 3.8) is 0 Å². The molecule has 114 valence electrons. The van der Waals surface area contributed by atoms with Crippen LogP contribution in [0.3, 0.4) is 0 Å². The molecule has 1 aliphatic heterocycles. The van der Waals surface area contributed by atoms with Crippen molar-refractivity contribution in [2.24, 2.45) is 0 Å². The fourth-order valence-electron chi connectivity index (χ4n) is 2.30. The van der Waals surface area contributed by atoms with Crippen LogP contribution in [0.4, 0.5) is 0 Å². The lowest BCUT2D eigenvalue weighted by Gasteiger charge is -2.36. The van der Waals surface area contributed by atoms with Gasteiger partial charge in [-0.3, -0.25) is 4.90 Å². The Hall–Kier alpha value is -0.880. The summed E-state index contributed by atoms with van der Waals surface area (Å²) >= 11 is 0. The van der Waals surface area contributed by atoms with E-state index in [2.05, 4.69) is 30.7 Å². The molecule has 0 unspecified atom stereocenters. The average molecular weight is 300 g/mol. The normalized spacial score (nSPS) is 22.9. The van der Waals surface area contributed by atoms with Gasteiger partial charge in [-0.05, 0) is 13.8 Å². The zero-order chi connectivity index (χ0) is 15.2. The molecule has 0 atom stereocenters. The first-order valence-corrected chi connectivity index (χ1v) is 8.56. The minimum atomic E-state index is -3.00. The van der Waals surface area contributed by atoms with E-state index in [0.29, 0.717) is 25.5 Å². The Morgan fingerprint density at radius 3 is 2.55 bits per heavy atom. The second-order valence-corrected chi connectivity index (χ2v) is 9.91. The first kappa shape index (κ1) is 15.5. The summed E-state index contributed by atoms with van der Waals surface area (Å²) < 4.78 is 28.8. The van der Waals surface area contributed by atoms with Crippen molar-refractivity contribution < 1.29 is 12.8 Å². The predicted octanol–water partition coefficient (Wildman–Crippen LogP) is 1.98. The molecule has 1 saturated heterocycles. The third kappa shape index (κ3) is 3.06. The van der Waals surface area contributed by atoms with Gasteiger partial charge in [-0.1, -0.05) is 20.8 Å². The van der Waals surface area contributed by atoms with Crippen molar-refractivity contribution in [2.75, 3.05) is 18.8 Å². The molecule has 0 aliphatic carbocycles. The molecule has 5 nitrogen and oxygen atoms in total. The largest absolute Gasteiger partial charge is 0.447 e. The maximum Gasteiger partial charge on any atom is 0.208 e. The molecular weight excluding hydrogens is 276 g/mol. The molecular formula is C14H24N2O3S. The van der Waals surface area contributed by atoms with Crippen molar-refractivity contribution in [3.8, 4) is 0 Å². The van der Waals surface area contributed by atoms with Gasteiger partial charge >= 0.3 is 0 Å². The van der Waals surface area contributed by atoms with Crippen LogP contribution in [0, 0.1) is 0 Å². The fraction of sp³-hybridized carbons (Fsp3) is 0.786. The minimum absolute atomic E-state index is 0.0355. The monoisotopic (exact) mass is 300 g/mol. The first-order valence-electron chi connectivity index (χ1n) is 6.91. The van der Waals surface area contributed by atoms with Crippen LogP contribution in [0.5, 0.6) is 0 Å². The summed E-state index contributed by atoms with van der Waals surface area (Å²) in [6.45, 7) is 11.5. The number of sulfone groups is 1. The van der Waals surface area contributed by atoms with Gasteiger partial charge in [0.2, 0.25) is 5.89 Å². The third-order valence-corrected chi connectivity index (χ3v) is 6.33. The van der Waals surface area contributed by atoms with Crippen molar-refractivity contribution in [1.29, 1.82) is 0 Å². The van der Waals surface area contributed by atoms with Gasteiger partial charge in [-0.15, -0.1) is 0 Å². The maximum atomic E-state index is 12.0. The average Bonchev–Trinajstić information content (AvgIpc) is 2.72. The number of rotatable bonds is 2. The highest BCUT2D eigenvalue weighted by molar-refractivity contribution is 7.92. The van der Waals surface area contributed by atoms with E-state index in [0.717, 1.165) is 5.69 Å². The molecule has 2 rings (SSSR count). The summed E-state index contributed by atoms with van der Waals surface area (Å²) in [5, 5.41) is 0. The molecule has 0 bridgehead atoms. The fourth-order valence-corrected chi connectivity index (χ4v) is 3.73. The Bertz CT molecular complexity index is 582. The van der Waals surface area contributed by atoms with Crippen LogP contribution in [0.1, 0.15) is 46.2 Å². The first-order chi connectivity index (χ1) is 9.01. The van der Waals surface area contributed by atoms with Gasteiger partial charge < -0.3 is 4.42 Å². The van der Waals surface area contributed by atoms with Gasteiger partial charge in [0.25, 0.3) is 0 Å². The Balaban J connectivity index is 2.07. The van der Waals surface area contributed by atoms with Gasteiger partial charge in [-0.2, -0.15) is 0 Å². The molecule has 1 aliphatic rings. The zero-order valence-corrected chi connectivity index (χ0v) is 13.7. The Morgan fingerprint density at radius 2 is 2.05 bits per heavy atom. The Labute approximate surface area is 121 Å². The quantitative estimate of drug-likeness (QED) is 0.835. The van der Waals surface area contributed by atoms with Crippen molar-refractivity contribution >= 4 is 9.84 Å². The van der Waals surface area contributed by atoms with E-state index < -0.39 is 14.6 Å². The maximum absolute atomic E-state index is 12.0. The van der Waals surface area contributed by atoms with Crippen LogP contribution in [0.2, 0.25) is 0 Å². The van der Waals surface area contributed by atoms with Crippen LogP contribution in [-0.4, -0.2) is 41.9 Å². The highest BCUT2D eigenvalue weighted by Gasteiger charge is 2.40. The highest BCUT2D eigenvalue weighted by Crippen LogP contribution is 2.26. The van der Waals surface area contributed by atoms with E-state index in [-0.39, 0.29) is 11.2 Å². The molecule has 2 heterocycles. The van der Waals surface area contributed by atoms with Gasteiger partial charge in [0, 0.05) is 18.5 Å². The summed E-state index contributed by atoms with van der Waals surface area (Å²) in [5.41, 5.74) is 0.892. The number of oxazole rings is 1. The molecule has 0 aromatic carbocycles. The summed E-state index contributed by atoms with van der Waals surface area (Å²) in [6.07, 6.45) is 1.70. The van der Waals surface area contributed by atoms with E-state index in [1.54, 1.807) is 20.1 Å². The number of aromatic nitrogens is 1. The van der Waals surface area contributed by atoms with E-state index in [1.165, 1.54) is 0 Å². The zero-order valence-electron chi connectivity index (χ0n) is 12.9. The summed E-state index contributed by atoms with van der Waals surface area (Å²) in [5.74, 6) is 0.859. The van der Waals surface area contributed by atoms with Crippen molar-refractivity contribution in [3.05, 3.63) is 17.8 Å². The number of nitrogens with zero attached hydrogens (tertiary/aromatic N) is 2. The highest BCUT2D eigenvalue weighted by atomic mass is 32.2. The van der Waals surface area contributed by atoms with Gasteiger partial charge in [0.05, 0.1) is 22.7 Å². The number of hydrogen-bond donors (Lipinski definition) is 0. The van der Waals surface area contributed by atoms with Crippen LogP contribution < -0.4 is 0 Å². The molecule has 1 fully saturated rings. The SMILES string of the molecule is CC(C)(C)c1coc(CN2CCS(=O)(=O)C(C)(C)C2)n1. The molecule has 6 heteroatoms. The second kappa shape index (κ2) is 4.84. The Kier molecular flexibility index (Phi) is 3.75. The van der Waals surface area contributed by atoms with Crippen LogP contribution in [0.15, 0.2) is 10.7 Å². The predicted molar refractivity (Wildman–Crippen MR) is 78.3 cm³/mol. The van der Waals surface area contributed by atoms with E-state index in [4.69, 9.17) is 4.42 Å². The molecule has 0 amide bonds. The van der Waals surface area contributed by atoms with Crippen molar-refractivity contribution in [2.45, 2.75) is 51.3 Å². The van der Waals surface area contributed by atoms with Gasteiger partial charge in [0.15, 0.2) is 9.84 Å². The van der Waals surface area contributed by atoms with Gasteiger partial charge in [-0.25, -0.2) is 13.4 Å². The summed E-state index contributed by atoms with van der Waals surface area (Å²) in [6, 6.07) is 0. The lowest BCUT2D eigenvalue weighted by Crippen LogP contribution is -2.52. The Morgan fingerprint density at radius 1 is 1.40 bits per heavy atom. The topological polar surface area (TPSA) is 63.4 Å². The van der Waals surface area contributed by atoms with E-state index >= 15 is 0 Å².